The van der Waals surface area contributed by atoms with Gasteiger partial charge in [-0.15, -0.1) is 11.6 Å². The molecule has 1 rings (SSSR count). The fraction of sp³-hybridized carbons (Fsp3) is 0.538. The average molecular weight is 281 g/mol. The first kappa shape index (κ1) is 15.2. The lowest BCUT2D eigenvalue weighted by Gasteiger charge is -2.13. The first-order valence-corrected chi connectivity index (χ1v) is 6.44. The molecule has 18 heavy (non-hydrogen) atoms. The van der Waals surface area contributed by atoms with Crippen LogP contribution < -0.4 is 4.74 Å². The molecule has 0 radical (unpaired) electrons. The van der Waals surface area contributed by atoms with Gasteiger partial charge < -0.3 is 4.74 Å². The number of halogens is 4. The molecule has 0 unspecified atom stereocenters. The minimum absolute atomic E-state index is 0.0951. The Morgan fingerprint density at radius 1 is 1.00 bits per heavy atom. The Balaban J connectivity index is 2.43. The minimum Gasteiger partial charge on any atom is -0.493 e. The summed E-state index contributed by atoms with van der Waals surface area (Å²) in [6.45, 7) is 0.301. The molecule has 0 atom stereocenters. The lowest BCUT2D eigenvalue weighted by Crippen LogP contribution is -2.09. The fourth-order valence-corrected chi connectivity index (χ4v) is 1.75. The third kappa shape index (κ3) is 5.17. The zero-order valence-electron chi connectivity index (χ0n) is 9.97. The molecule has 0 aliphatic heterocycles. The maximum absolute atomic E-state index is 12.6. The highest BCUT2D eigenvalue weighted by Crippen LogP contribution is 2.35. The Hall–Kier alpha value is -0.900. The van der Waals surface area contributed by atoms with Crippen molar-refractivity contribution in [3.05, 3.63) is 29.8 Å². The smallest absolute Gasteiger partial charge is 0.419 e. The van der Waals surface area contributed by atoms with Gasteiger partial charge in [-0.2, -0.15) is 13.2 Å². The number of hydrogen-bond donors (Lipinski definition) is 0. The van der Waals surface area contributed by atoms with Crippen molar-refractivity contribution in [1.82, 2.24) is 0 Å². The number of alkyl halides is 4. The van der Waals surface area contributed by atoms with E-state index in [2.05, 4.69) is 0 Å². The van der Waals surface area contributed by atoms with Crippen molar-refractivity contribution in [2.45, 2.75) is 31.9 Å². The Bertz CT molecular complexity index is 352. The van der Waals surface area contributed by atoms with Crippen LogP contribution in [0.5, 0.6) is 5.75 Å². The van der Waals surface area contributed by atoms with Gasteiger partial charge in [0.1, 0.15) is 5.75 Å². The van der Waals surface area contributed by atoms with Crippen LogP contribution in [0.3, 0.4) is 0 Å². The lowest BCUT2D eigenvalue weighted by atomic mass is 10.2. The molecular formula is C13H16ClF3O. The van der Waals surface area contributed by atoms with Crippen molar-refractivity contribution >= 4 is 11.6 Å². The maximum Gasteiger partial charge on any atom is 0.419 e. The van der Waals surface area contributed by atoms with Crippen LogP contribution >= 0.6 is 11.6 Å². The number of para-hydroxylation sites is 1. The van der Waals surface area contributed by atoms with Crippen molar-refractivity contribution in [2.24, 2.45) is 0 Å². The molecule has 0 spiro atoms. The molecule has 0 bridgehead atoms. The second kappa shape index (κ2) is 7.52. The summed E-state index contributed by atoms with van der Waals surface area (Å²) in [6.07, 6.45) is -0.798. The van der Waals surface area contributed by atoms with Crippen LogP contribution in [0, 0.1) is 0 Å². The monoisotopic (exact) mass is 280 g/mol. The van der Waals surface area contributed by atoms with Crippen LogP contribution in [0.25, 0.3) is 0 Å². The molecule has 0 aromatic heterocycles. The molecule has 0 aliphatic carbocycles. The van der Waals surface area contributed by atoms with Crippen molar-refractivity contribution < 1.29 is 17.9 Å². The molecule has 0 N–H and O–H groups in total. The summed E-state index contributed by atoms with van der Waals surface area (Å²) in [5.74, 6) is 0.528. The van der Waals surface area contributed by atoms with Crippen LogP contribution in [0.4, 0.5) is 13.2 Å². The highest BCUT2D eigenvalue weighted by atomic mass is 35.5. The van der Waals surface area contributed by atoms with Gasteiger partial charge in [0.15, 0.2) is 0 Å². The van der Waals surface area contributed by atoms with Crippen LogP contribution in [-0.2, 0) is 6.18 Å². The molecule has 0 saturated heterocycles. The summed E-state index contributed by atoms with van der Waals surface area (Å²) in [4.78, 5) is 0. The number of hydrogen-bond acceptors (Lipinski definition) is 1. The van der Waals surface area contributed by atoms with Gasteiger partial charge in [-0.25, -0.2) is 0 Å². The molecule has 0 fully saturated rings. The average Bonchev–Trinajstić information content (AvgIpc) is 2.33. The molecule has 5 heteroatoms. The van der Waals surface area contributed by atoms with Gasteiger partial charge in [0.2, 0.25) is 0 Å². The Kier molecular flexibility index (Phi) is 6.33. The van der Waals surface area contributed by atoms with E-state index in [1.54, 1.807) is 0 Å². The number of unbranched alkanes of at least 4 members (excludes halogenated alkanes) is 3. The van der Waals surface area contributed by atoms with E-state index in [1.165, 1.54) is 18.2 Å². The normalized spacial score (nSPS) is 11.6. The van der Waals surface area contributed by atoms with Crippen LogP contribution in [0.2, 0.25) is 0 Å². The highest BCUT2D eigenvalue weighted by molar-refractivity contribution is 6.17. The van der Waals surface area contributed by atoms with Gasteiger partial charge in [-0.3, -0.25) is 0 Å². The van der Waals surface area contributed by atoms with E-state index in [0.29, 0.717) is 12.5 Å². The third-order valence-corrected chi connectivity index (χ3v) is 2.75. The zero-order chi connectivity index (χ0) is 13.4. The number of ether oxygens (including phenoxy) is 1. The van der Waals surface area contributed by atoms with Gasteiger partial charge in [-0.05, 0) is 25.0 Å². The molecule has 1 aromatic carbocycles. The summed E-state index contributed by atoms with van der Waals surface area (Å²) in [5.41, 5.74) is -0.717. The quantitative estimate of drug-likeness (QED) is 0.511. The van der Waals surface area contributed by atoms with E-state index >= 15 is 0 Å². The van der Waals surface area contributed by atoms with Crippen LogP contribution in [-0.4, -0.2) is 12.5 Å². The summed E-state index contributed by atoms with van der Waals surface area (Å²) >= 11 is 5.52. The highest BCUT2D eigenvalue weighted by Gasteiger charge is 2.33. The molecule has 0 aliphatic rings. The largest absolute Gasteiger partial charge is 0.493 e. The Labute approximate surface area is 110 Å². The van der Waals surface area contributed by atoms with Gasteiger partial charge in [-0.1, -0.05) is 25.0 Å². The van der Waals surface area contributed by atoms with E-state index in [1.807, 2.05) is 0 Å². The maximum atomic E-state index is 12.6. The first-order chi connectivity index (χ1) is 8.55. The van der Waals surface area contributed by atoms with E-state index in [9.17, 15) is 13.2 Å². The van der Waals surface area contributed by atoms with E-state index in [0.717, 1.165) is 31.7 Å². The van der Waals surface area contributed by atoms with Crippen molar-refractivity contribution in [3.8, 4) is 5.75 Å². The van der Waals surface area contributed by atoms with Crippen LogP contribution in [0.15, 0.2) is 24.3 Å². The SMILES string of the molecule is FC(F)(F)c1ccccc1OCCCCCCCl. The molecule has 1 nitrogen and oxygen atoms in total. The van der Waals surface area contributed by atoms with E-state index in [-0.39, 0.29) is 5.75 Å². The molecular weight excluding hydrogens is 265 g/mol. The molecule has 0 amide bonds. The molecule has 102 valence electrons. The summed E-state index contributed by atoms with van der Waals surface area (Å²) < 4.78 is 43.1. The fourth-order valence-electron chi connectivity index (χ4n) is 1.56. The standard InChI is InChI=1S/C13H16ClF3O/c14-9-5-1-2-6-10-18-12-8-4-3-7-11(12)13(15,16)17/h3-4,7-8H,1-2,5-6,9-10H2. The first-order valence-electron chi connectivity index (χ1n) is 5.90. The van der Waals surface area contributed by atoms with Gasteiger partial charge in [0.25, 0.3) is 0 Å². The summed E-state index contributed by atoms with van der Waals surface area (Å²) in [7, 11) is 0. The topological polar surface area (TPSA) is 9.23 Å². The molecule has 0 heterocycles. The minimum atomic E-state index is -4.37. The molecule has 0 saturated carbocycles. The third-order valence-electron chi connectivity index (χ3n) is 2.48. The lowest BCUT2D eigenvalue weighted by molar-refractivity contribution is -0.138. The second-order valence-electron chi connectivity index (χ2n) is 3.95. The van der Waals surface area contributed by atoms with Gasteiger partial charge >= 0.3 is 6.18 Å². The van der Waals surface area contributed by atoms with E-state index < -0.39 is 11.7 Å². The van der Waals surface area contributed by atoms with Crippen molar-refractivity contribution in [1.29, 1.82) is 0 Å². The van der Waals surface area contributed by atoms with E-state index in [4.69, 9.17) is 16.3 Å². The summed E-state index contributed by atoms with van der Waals surface area (Å²) in [6, 6.07) is 5.28. The van der Waals surface area contributed by atoms with Gasteiger partial charge in [0.05, 0.1) is 12.2 Å². The Morgan fingerprint density at radius 2 is 1.67 bits per heavy atom. The second-order valence-corrected chi connectivity index (χ2v) is 4.32. The molecule has 1 aromatic rings. The zero-order valence-corrected chi connectivity index (χ0v) is 10.7. The van der Waals surface area contributed by atoms with Crippen molar-refractivity contribution in [2.75, 3.05) is 12.5 Å². The predicted molar refractivity (Wildman–Crippen MR) is 66.1 cm³/mol. The predicted octanol–water partition coefficient (Wildman–Crippen LogP) is 4.88. The number of rotatable bonds is 7. The van der Waals surface area contributed by atoms with Crippen molar-refractivity contribution in [3.63, 3.8) is 0 Å². The number of benzene rings is 1. The summed E-state index contributed by atoms with van der Waals surface area (Å²) in [5, 5.41) is 0. The van der Waals surface area contributed by atoms with Crippen LogP contribution in [0.1, 0.15) is 31.2 Å². The van der Waals surface area contributed by atoms with Gasteiger partial charge in [0, 0.05) is 5.88 Å². The Morgan fingerprint density at radius 3 is 2.33 bits per heavy atom.